The lowest BCUT2D eigenvalue weighted by atomic mass is 10.2. The lowest BCUT2D eigenvalue weighted by molar-refractivity contribution is 0.515. The molecule has 1 heterocycles. The standard InChI is InChI=1S/C11H18ClNS/c1-9(12)7-10(2)13-5-3-11-4-6-14-8-11/h4,6,8-10,13H,3,5,7H2,1-2H3. The molecule has 0 radical (unpaired) electrons. The third kappa shape index (κ3) is 4.99. The van der Waals surface area contributed by atoms with Crippen LogP contribution in [0, 0.1) is 0 Å². The zero-order valence-electron chi connectivity index (χ0n) is 8.79. The minimum atomic E-state index is 0.263. The van der Waals surface area contributed by atoms with E-state index in [4.69, 9.17) is 11.6 Å². The first-order valence-corrected chi connectivity index (χ1v) is 6.45. The van der Waals surface area contributed by atoms with Crippen LogP contribution in [-0.2, 0) is 6.42 Å². The van der Waals surface area contributed by atoms with Crippen LogP contribution in [-0.4, -0.2) is 18.0 Å². The minimum absolute atomic E-state index is 0.263. The second kappa shape index (κ2) is 6.44. The number of hydrogen-bond donors (Lipinski definition) is 1. The predicted molar refractivity (Wildman–Crippen MR) is 65.4 cm³/mol. The molecule has 0 bridgehead atoms. The summed E-state index contributed by atoms with van der Waals surface area (Å²) >= 11 is 7.67. The molecule has 14 heavy (non-hydrogen) atoms. The van der Waals surface area contributed by atoms with Crippen LogP contribution in [0.3, 0.4) is 0 Å². The van der Waals surface area contributed by atoms with Crippen molar-refractivity contribution in [2.24, 2.45) is 0 Å². The molecule has 0 amide bonds. The lowest BCUT2D eigenvalue weighted by Crippen LogP contribution is -2.29. The van der Waals surface area contributed by atoms with Gasteiger partial charge >= 0.3 is 0 Å². The fourth-order valence-corrected chi connectivity index (χ4v) is 2.44. The summed E-state index contributed by atoms with van der Waals surface area (Å²) < 4.78 is 0. The van der Waals surface area contributed by atoms with Gasteiger partial charge in [0.15, 0.2) is 0 Å². The van der Waals surface area contributed by atoms with Crippen LogP contribution >= 0.6 is 22.9 Å². The third-order valence-electron chi connectivity index (χ3n) is 2.16. The van der Waals surface area contributed by atoms with Crippen molar-refractivity contribution in [1.82, 2.24) is 5.32 Å². The van der Waals surface area contributed by atoms with Crippen LogP contribution in [0.5, 0.6) is 0 Å². The van der Waals surface area contributed by atoms with Crippen molar-refractivity contribution in [2.75, 3.05) is 6.54 Å². The average molecular weight is 232 g/mol. The molecule has 0 aromatic carbocycles. The van der Waals surface area contributed by atoms with E-state index in [1.165, 1.54) is 5.56 Å². The van der Waals surface area contributed by atoms with Crippen LogP contribution in [0.4, 0.5) is 0 Å². The molecule has 1 N–H and O–H groups in total. The molecule has 0 aliphatic rings. The summed E-state index contributed by atoms with van der Waals surface area (Å²) in [5.41, 5.74) is 1.42. The molecule has 80 valence electrons. The second-order valence-electron chi connectivity index (χ2n) is 3.75. The van der Waals surface area contributed by atoms with Gasteiger partial charge in [0.05, 0.1) is 0 Å². The van der Waals surface area contributed by atoms with E-state index < -0.39 is 0 Å². The van der Waals surface area contributed by atoms with E-state index in [0.717, 1.165) is 19.4 Å². The molecule has 0 spiro atoms. The highest BCUT2D eigenvalue weighted by Crippen LogP contribution is 2.07. The number of hydrogen-bond acceptors (Lipinski definition) is 2. The Morgan fingerprint density at radius 3 is 2.86 bits per heavy atom. The molecule has 3 heteroatoms. The summed E-state index contributed by atoms with van der Waals surface area (Å²) in [7, 11) is 0. The van der Waals surface area contributed by atoms with E-state index in [1.54, 1.807) is 11.3 Å². The number of alkyl halides is 1. The van der Waals surface area contributed by atoms with E-state index in [0.29, 0.717) is 6.04 Å². The monoisotopic (exact) mass is 231 g/mol. The molecule has 0 saturated carbocycles. The normalized spacial score (nSPS) is 15.4. The van der Waals surface area contributed by atoms with Gasteiger partial charge in [-0.15, -0.1) is 11.6 Å². The van der Waals surface area contributed by atoms with Gasteiger partial charge < -0.3 is 5.32 Å². The van der Waals surface area contributed by atoms with Crippen molar-refractivity contribution in [2.45, 2.75) is 38.1 Å². The summed E-state index contributed by atoms with van der Waals surface area (Å²) in [6, 6.07) is 2.70. The van der Waals surface area contributed by atoms with Crippen molar-refractivity contribution in [1.29, 1.82) is 0 Å². The van der Waals surface area contributed by atoms with Crippen LogP contribution in [0.15, 0.2) is 16.8 Å². The van der Waals surface area contributed by atoms with Gasteiger partial charge in [0.25, 0.3) is 0 Å². The van der Waals surface area contributed by atoms with Gasteiger partial charge in [0, 0.05) is 11.4 Å². The Hall–Kier alpha value is -0.0500. The summed E-state index contributed by atoms with van der Waals surface area (Å²) in [4.78, 5) is 0. The first-order valence-electron chi connectivity index (χ1n) is 5.07. The van der Waals surface area contributed by atoms with Crippen LogP contribution in [0.2, 0.25) is 0 Å². The largest absolute Gasteiger partial charge is 0.314 e. The zero-order valence-corrected chi connectivity index (χ0v) is 10.4. The van der Waals surface area contributed by atoms with Crippen molar-refractivity contribution >= 4 is 22.9 Å². The fraction of sp³-hybridized carbons (Fsp3) is 0.636. The van der Waals surface area contributed by atoms with E-state index in [9.17, 15) is 0 Å². The zero-order chi connectivity index (χ0) is 10.4. The van der Waals surface area contributed by atoms with Gasteiger partial charge in [-0.25, -0.2) is 0 Å². The maximum Gasteiger partial charge on any atom is 0.0322 e. The summed E-state index contributed by atoms with van der Waals surface area (Å²) in [6.07, 6.45) is 2.15. The van der Waals surface area contributed by atoms with Gasteiger partial charge in [0.1, 0.15) is 0 Å². The summed E-state index contributed by atoms with van der Waals surface area (Å²) in [5, 5.41) is 8.06. The van der Waals surface area contributed by atoms with E-state index >= 15 is 0 Å². The molecule has 1 aromatic heterocycles. The number of rotatable bonds is 6. The highest BCUT2D eigenvalue weighted by Gasteiger charge is 2.04. The van der Waals surface area contributed by atoms with Gasteiger partial charge in [-0.3, -0.25) is 0 Å². The van der Waals surface area contributed by atoms with Crippen molar-refractivity contribution in [3.05, 3.63) is 22.4 Å². The van der Waals surface area contributed by atoms with Gasteiger partial charge in [-0.2, -0.15) is 11.3 Å². The smallest absolute Gasteiger partial charge is 0.0322 e. The summed E-state index contributed by atoms with van der Waals surface area (Å²) in [5.74, 6) is 0. The molecule has 0 fully saturated rings. The SMILES string of the molecule is CC(Cl)CC(C)NCCc1ccsc1. The third-order valence-corrected chi connectivity index (χ3v) is 3.08. The molecule has 1 rings (SSSR count). The quantitative estimate of drug-likeness (QED) is 0.741. The van der Waals surface area contributed by atoms with Crippen molar-refractivity contribution in [3.8, 4) is 0 Å². The molecule has 2 unspecified atom stereocenters. The van der Waals surface area contributed by atoms with Crippen LogP contribution in [0.25, 0.3) is 0 Å². The molecule has 0 aliphatic heterocycles. The average Bonchev–Trinajstić information content (AvgIpc) is 2.55. The topological polar surface area (TPSA) is 12.0 Å². The van der Waals surface area contributed by atoms with Crippen LogP contribution < -0.4 is 5.32 Å². The Morgan fingerprint density at radius 2 is 2.29 bits per heavy atom. The maximum atomic E-state index is 5.91. The Bertz CT molecular complexity index is 233. The first kappa shape index (κ1) is 12.0. The van der Waals surface area contributed by atoms with Crippen molar-refractivity contribution in [3.63, 3.8) is 0 Å². The van der Waals surface area contributed by atoms with Gasteiger partial charge in [-0.1, -0.05) is 0 Å². The minimum Gasteiger partial charge on any atom is -0.314 e. The predicted octanol–water partition coefficient (Wildman–Crippen LogP) is 3.29. The lowest BCUT2D eigenvalue weighted by Gasteiger charge is -2.14. The molecule has 1 aromatic rings. The Morgan fingerprint density at radius 1 is 1.50 bits per heavy atom. The molecule has 2 atom stereocenters. The maximum absolute atomic E-state index is 5.91. The number of nitrogens with one attached hydrogen (secondary N) is 1. The Balaban J connectivity index is 2.09. The molecular weight excluding hydrogens is 214 g/mol. The fourth-order valence-electron chi connectivity index (χ4n) is 1.47. The van der Waals surface area contributed by atoms with Crippen molar-refractivity contribution < 1.29 is 0 Å². The Labute approximate surface area is 95.5 Å². The Kier molecular flexibility index (Phi) is 5.53. The van der Waals surface area contributed by atoms with E-state index in [-0.39, 0.29) is 5.38 Å². The number of thiophene rings is 1. The molecule has 1 nitrogen and oxygen atoms in total. The number of halogens is 1. The van der Waals surface area contributed by atoms with E-state index in [2.05, 4.69) is 29.1 Å². The molecule has 0 saturated heterocycles. The highest BCUT2D eigenvalue weighted by molar-refractivity contribution is 7.07. The van der Waals surface area contributed by atoms with E-state index in [1.807, 2.05) is 6.92 Å². The van der Waals surface area contributed by atoms with Gasteiger partial charge in [0.2, 0.25) is 0 Å². The van der Waals surface area contributed by atoms with Gasteiger partial charge in [-0.05, 0) is 55.6 Å². The first-order chi connectivity index (χ1) is 6.68. The summed E-state index contributed by atoms with van der Waals surface area (Å²) in [6.45, 7) is 5.27. The van der Waals surface area contributed by atoms with Crippen LogP contribution in [0.1, 0.15) is 25.8 Å². The highest BCUT2D eigenvalue weighted by atomic mass is 35.5. The second-order valence-corrected chi connectivity index (χ2v) is 5.28. The molecule has 0 aliphatic carbocycles. The molecular formula is C11H18ClNS.